The lowest BCUT2D eigenvalue weighted by Gasteiger charge is -2.05. The van der Waals surface area contributed by atoms with Crippen LogP contribution in [0.25, 0.3) is 11.1 Å². The van der Waals surface area contributed by atoms with Gasteiger partial charge in [-0.15, -0.1) is 0 Å². The minimum absolute atomic E-state index is 0.431. The largest absolute Gasteiger partial charge is 0.435 e. The molecule has 0 spiro atoms. The van der Waals surface area contributed by atoms with E-state index in [1.54, 1.807) is 12.1 Å². The highest BCUT2D eigenvalue weighted by molar-refractivity contribution is 5.90. The van der Waals surface area contributed by atoms with E-state index in [1.165, 1.54) is 5.56 Å². The molecule has 92 valence electrons. The van der Waals surface area contributed by atoms with E-state index in [-0.39, 0.29) is 0 Å². The molecule has 0 heterocycles. The number of ether oxygens (including phenoxy) is 1. The van der Waals surface area contributed by atoms with E-state index in [4.69, 9.17) is 5.11 Å². The van der Waals surface area contributed by atoms with Crippen molar-refractivity contribution in [2.24, 2.45) is 0 Å². The Morgan fingerprint density at radius 1 is 1.11 bits per heavy atom. The number of benzene rings is 2. The van der Waals surface area contributed by atoms with Gasteiger partial charge < -0.3 is 9.84 Å². The first-order valence-corrected chi connectivity index (χ1v) is 5.66. The molecular formula is C15H14O3. The SMILES string of the molecule is Cc1cccc(-c2ccc(C(=O)OCO)cc2)c1. The molecule has 0 radical (unpaired) electrons. The summed E-state index contributed by atoms with van der Waals surface area (Å²) >= 11 is 0. The van der Waals surface area contributed by atoms with E-state index < -0.39 is 12.8 Å². The Bertz CT molecular complexity index is 544. The molecule has 2 aromatic rings. The minimum Gasteiger partial charge on any atom is -0.435 e. The van der Waals surface area contributed by atoms with Gasteiger partial charge in [-0.25, -0.2) is 4.79 Å². The van der Waals surface area contributed by atoms with Gasteiger partial charge in [0.2, 0.25) is 0 Å². The predicted molar refractivity (Wildman–Crippen MR) is 69.1 cm³/mol. The number of aryl methyl sites for hydroxylation is 1. The molecule has 0 saturated carbocycles. The number of esters is 1. The first-order chi connectivity index (χ1) is 8.70. The zero-order valence-corrected chi connectivity index (χ0v) is 10.1. The highest BCUT2D eigenvalue weighted by Crippen LogP contribution is 2.20. The second-order valence-corrected chi connectivity index (χ2v) is 4.01. The van der Waals surface area contributed by atoms with Gasteiger partial charge in [0.05, 0.1) is 5.56 Å². The summed E-state index contributed by atoms with van der Waals surface area (Å²) in [5, 5.41) is 8.52. The first-order valence-electron chi connectivity index (χ1n) is 5.66. The summed E-state index contributed by atoms with van der Waals surface area (Å²) < 4.78 is 4.51. The summed E-state index contributed by atoms with van der Waals surface area (Å²) in [6, 6.07) is 15.3. The number of aliphatic hydroxyl groups is 1. The number of hydrogen-bond donors (Lipinski definition) is 1. The Morgan fingerprint density at radius 3 is 2.44 bits per heavy atom. The van der Waals surface area contributed by atoms with Crippen LogP contribution in [0.15, 0.2) is 48.5 Å². The van der Waals surface area contributed by atoms with E-state index in [2.05, 4.69) is 10.8 Å². The van der Waals surface area contributed by atoms with Gasteiger partial charge >= 0.3 is 5.97 Å². The van der Waals surface area contributed by atoms with E-state index >= 15 is 0 Å². The van der Waals surface area contributed by atoms with Gasteiger partial charge in [0.15, 0.2) is 6.79 Å². The van der Waals surface area contributed by atoms with Crippen LogP contribution in [-0.2, 0) is 4.74 Å². The molecule has 0 unspecified atom stereocenters. The molecule has 0 aromatic heterocycles. The summed E-state index contributed by atoms with van der Waals surface area (Å²) in [4.78, 5) is 11.4. The Kier molecular flexibility index (Phi) is 3.75. The fraction of sp³-hybridized carbons (Fsp3) is 0.133. The fourth-order valence-electron chi connectivity index (χ4n) is 1.77. The molecule has 0 aliphatic rings. The van der Waals surface area contributed by atoms with Gasteiger partial charge in [0.25, 0.3) is 0 Å². The third kappa shape index (κ3) is 2.76. The molecule has 2 aromatic carbocycles. The molecule has 3 nitrogen and oxygen atoms in total. The highest BCUT2D eigenvalue weighted by atomic mass is 16.6. The average Bonchev–Trinajstić information content (AvgIpc) is 2.39. The van der Waals surface area contributed by atoms with Crippen LogP contribution in [0.5, 0.6) is 0 Å². The number of hydrogen-bond acceptors (Lipinski definition) is 3. The van der Waals surface area contributed by atoms with Crippen molar-refractivity contribution in [3.63, 3.8) is 0 Å². The molecule has 0 amide bonds. The van der Waals surface area contributed by atoms with Gasteiger partial charge in [0, 0.05) is 0 Å². The fourth-order valence-corrected chi connectivity index (χ4v) is 1.77. The summed E-state index contributed by atoms with van der Waals surface area (Å²) in [5.41, 5.74) is 3.77. The van der Waals surface area contributed by atoms with Crippen molar-refractivity contribution < 1.29 is 14.6 Å². The van der Waals surface area contributed by atoms with Gasteiger partial charge in [-0.1, -0.05) is 42.0 Å². The van der Waals surface area contributed by atoms with Crippen LogP contribution >= 0.6 is 0 Å². The smallest absolute Gasteiger partial charge is 0.340 e. The van der Waals surface area contributed by atoms with Crippen molar-refractivity contribution in [1.82, 2.24) is 0 Å². The Labute approximate surface area is 106 Å². The zero-order chi connectivity index (χ0) is 13.0. The molecule has 0 aliphatic carbocycles. The Balaban J connectivity index is 2.25. The summed E-state index contributed by atoms with van der Waals surface area (Å²) in [7, 11) is 0. The van der Waals surface area contributed by atoms with Crippen LogP contribution < -0.4 is 0 Å². The van der Waals surface area contributed by atoms with Crippen LogP contribution in [0.4, 0.5) is 0 Å². The third-order valence-electron chi connectivity index (χ3n) is 2.67. The lowest BCUT2D eigenvalue weighted by Crippen LogP contribution is -2.05. The number of rotatable bonds is 3. The molecular weight excluding hydrogens is 228 g/mol. The Hall–Kier alpha value is -2.13. The van der Waals surface area contributed by atoms with E-state index in [0.717, 1.165) is 11.1 Å². The monoisotopic (exact) mass is 242 g/mol. The van der Waals surface area contributed by atoms with Crippen LogP contribution in [0, 0.1) is 6.92 Å². The van der Waals surface area contributed by atoms with Crippen molar-refractivity contribution >= 4 is 5.97 Å². The molecule has 1 N–H and O–H groups in total. The van der Waals surface area contributed by atoms with Crippen molar-refractivity contribution in [2.75, 3.05) is 6.79 Å². The van der Waals surface area contributed by atoms with E-state index in [9.17, 15) is 4.79 Å². The van der Waals surface area contributed by atoms with Crippen molar-refractivity contribution in [2.45, 2.75) is 6.92 Å². The second-order valence-electron chi connectivity index (χ2n) is 4.01. The number of carbonyl (C=O) groups is 1. The van der Waals surface area contributed by atoms with Crippen LogP contribution in [0.2, 0.25) is 0 Å². The average molecular weight is 242 g/mol. The molecule has 0 bridgehead atoms. The Morgan fingerprint density at radius 2 is 1.83 bits per heavy atom. The number of carbonyl (C=O) groups excluding carboxylic acids is 1. The molecule has 0 aliphatic heterocycles. The third-order valence-corrected chi connectivity index (χ3v) is 2.67. The van der Waals surface area contributed by atoms with Gasteiger partial charge in [-0.05, 0) is 30.2 Å². The van der Waals surface area contributed by atoms with Crippen molar-refractivity contribution in [3.05, 3.63) is 59.7 Å². The molecule has 0 atom stereocenters. The highest BCUT2D eigenvalue weighted by Gasteiger charge is 2.06. The molecule has 3 heteroatoms. The standard InChI is InChI=1S/C15H14O3/c1-11-3-2-4-14(9-11)12-5-7-13(8-6-12)15(17)18-10-16/h2-9,16H,10H2,1H3. The van der Waals surface area contributed by atoms with Gasteiger partial charge in [-0.2, -0.15) is 0 Å². The maximum atomic E-state index is 11.4. The van der Waals surface area contributed by atoms with Crippen molar-refractivity contribution in [1.29, 1.82) is 0 Å². The quantitative estimate of drug-likeness (QED) is 0.665. The molecule has 0 saturated heterocycles. The minimum atomic E-state index is -0.599. The van der Waals surface area contributed by atoms with Crippen molar-refractivity contribution in [3.8, 4) is 11.1 Å². The normalized spacial score (nSPS) is 10.1. The summed E-state index contributed by atoms with van der Waals surface area (Å²) in [6.07, 6.45) is 0. The topological polar surface area (TPSA) is 46.5 Å². The zero-order valence-electron chi connectivity index (χ0n) is 10.1. The van der Waals surface area contributed by atoms with Crippen LogP contribution in [0.3, 0.4) is 0 Å². The molecule has 0 fully saturated rings. The predicted octanol–water partition coefficient (Wildman–Crippen LogP) is 2.77. The second kappa shape index (κ2) is 5.47. The van der Waals surface area contributed by atoms with Gasteiger partial charge in [-0.3, -0.25) is 0 Å². The van der Waals surface area contributed by atoms with E-state index in [0.29, 0.717) is 5.56 Å². The maximum Gasteiger partial charge on any atom is 0.340 e. The lowest BCUT2D eigenvalue weighted by molar-refractivity contribution is 0.00684. The van der Waals surface area contributed by atoms with E-state index in [1.807, 2.05) is 37.3 Å². The van der Waals surface area contributed by atoms with Crippen LogP contribution in [-0.4, -0.2) is 17.9 Å². The first kappa shape index (κ1) is 12.3. The maximum absolute atomic E-state index is 11.4. The summed E-state index contributed by atoms with van der Waals surface area (Å²) in [6.45, 7) is 1.44. The summed E-state index contributed by atoms with van der Waals surface area (Å²) in [5.74, 6) is -0.520. The van der Waals surface area contributed by atoms with Crippen LogP contribution in [0.1, 0.15) is 15.9 Å². The molecule has 18 heavy (non-hydrogen) atoms. The van der Waals surface area contributed by atoms with Gasteiger partial charge in [0.1, 0.15) is 0 Å². The number of aliphatic hydroxyl groups excluding tert-OH is 1. The lowest BCUT2D eigenvalue weighted by atomic mass is 10.0. The molecule has 2 rings (SSSR count).